The van der Waals surface area contributed by atoms with Gasteiger partial charge in [-0.15, -0.1) is 12.8 Å². The van der Waals surface area contributed by atoms with Gasteiger partial charge >= 0.3 is 37.2 Å². The van der Waals surface area contributed by atoms with Gasteiger partial charge in [0.05, 0.1) is 0 Å². The first-order valence-corrected chi connectivity index (χ1v) is 10.9. The van der Waals surface area contributed by atoms with Crippen LogP contribution in [0.4, 0.5) is 26.3 Å². The molecule has 3 rings (SSSR count). The van der Waals surface area contributed by atoms with Crippen molar-refractivity contribution in [2.24, 2.45) is 0 Å². The largest absolute Gasteiger partial charge is 4.00 e. The Morgan fingerprint density at radius 1 is 0.719 bits per heavy atom. The fraction of sp³-hybridized carbons (Fsp3) is 0.500. The Hall–Kier alpha value is -0.797. The molecule has 1 aliphatic heterocycles. The van der Waals surface area contributed by atoms with Gasteiger partial charge in [-0.1, -0.05) is 0 Å². The third kappa shape index (κ3) is 22.4. The zero-order valence-corrected chi connectivity index (χ0v) is 20.2. The summed E-state index contributed by atoms with van der Waals surface area (Å²) in [6.45, 7) is 2.00. The predicted octanol–water partition coefficient (Wildman–Crippen LogP) is 3.51. The standard InChI is InChI=1S/2C5H5.C4H8O.2CHF3O3S.Zr/c3*1-2-4-5-3-1;2*2-1(3,4)8(5,6)7;/h2*1-3H,4H2;1-4H2;2*(H,5,6,7);/q2*-1;;;;+4/p-2. The number of halogens is 6. The van der Waals surface area contributed by atoms with Crippen LogP contribution in [-0.2, 0) is 51.2 Å². The fourth-order valence-corrected chi connectivity index (χ4v) is 1.19. The predicted molar refractivity (Wildman–Crippen MR) is 94.7 cm³/mol. The van der Waals surface area contributed by atoms with Crippen molar-refractivity contribution in [1.82, 2.24) is 0 Å². The van der Waals surface area contributed by atoms with Crippen LogP contribution < -0.4 is 0 Å². The molecular formula is C16H18F6O7S2Zr. The third-order valence-electron chi connectivity index (χ3n) is 2.57. The van der Waals surface area contributed by atoms with E-state index in [0.29, 0.717) is 0 Å². The molecule has 0 radical (unpaired) electrons. The molecule has 0 N–H and O–H groups in total. The third-order valence-corrected chi connectivity index (χ3v) is 3.70. The van der Waals surface area contributed by atoms with Crippen LogP contribution in [-0.4, -0.2) is 50.2 Å². The minimum atomic E-state index is -6.09. The monoisotopic (exact) mass is 590 g/mol. The van der Waals surface area contributed by atoms with Crippen molar-refractivity contribution in [2.45, 2.75) is 36.7 Å². The van der Waals surface area contributed by atoms with Crippen molar-refractivity contribution in [2.75, 3.05) is 13.2 Å². The maximum atomic E-state index is 10.7. The average Bonchev–Trinajstić information content (AvgIpc) is 3.40. The molecule has 32 heavy (non-hydrogen) atoms. The maximum absolute atomic E-state index is 10.7. The van der Waals surface area contributed by atoms with Crippen molar-refractivity contribution in [3.63, 3.8) is 0 Å². The van der Waals surface area contributed by atoms with Crippen molar-refractivity contribution in [1.29, 1.82) is 0 Å². The molecule has 1 heterocycles. The van der Waals surface area contributed by atoms with E-state index in [9.17, 15) is 26.3 Å². The number of ether oxygens (including phenoxy) is 1. The van der Waals surface area contributed by atoms with Crippen LogP contribution in [0.25, 0.3) is 0 Å². The maximum Gasteiger partial charge on any atom is 4.00 e. The Bertz CT molecular complexity index is 719. The summed E-state index contributed by atoms with van der Waals surface area (Å²) in [4.78, 5) is 0. The number of hydrogen-bond acceptors (Lipinski definition) is 7. The molecule has 0 amide bonds. The van der Waals surface area contributed by atoms with Crippen LogP contribution in [0.15, 0.2) is 36.5 Å². The molecule has 0 spiro atoms. The summed E-state index contributed by atoms with van der Waals surface area (Å²) in [5, 5.41) is 0. The summed E-state index contributed by atoms with van der Waals surface area (Å²) in [6.07, 6.45) is 22.6. The van der Waals surface area contributed by atoms with Gasteiger partial charge in [0.2, 0.25) is 0 Å². The topological polar surface area (TPSA) is 124 Å². The minimum absolute atomic E-state index is 0. The molecule has 1 saturated heterocycles. The van der Waals surface area contributed by atoms with E-state index < -0.39 is 31.3 Å². The summed E-state index contributed by atoms with van der Waals surface area (Å²) in [6, 6.07) is 0. The van der Waals surface area contributed by atoms with Crippen LogP contribution >= 0.6 is 0 Å². The van der Waals surface area contributed by atoms with Gasteiger partial charge < -0.3 is 13.8 Å². The van der Waals surface area contributed by atoms with E-state index in [-0.39, 0.29) is 26.2 Å². The van der Waals surface area contributed by atoms with E-state index in [1.54, 1.807) is 0 Å². The van der Waals surface area contributed by atoms with Crippen LogP contribution in [0.3, 0.4) is 0 Å². The van der Waals surface area contributed by atoms with E-state index in [1.807, 2.05) is 24.3 Å². The molecule has 0 atom stereocenters. The first-order valence-electron chi connectivity index (χ1n) is 8.05. The van der Waals surface area contributed by atoms with Gasteiger partial charge in [-0.25, -0.2) is 41.1 Å². The zero-order chi connectivity index (χ0) is 24.6. The molecule has 2 aliphatic carbocycles. The van der Waals surface area contributed by atoms with E-state index in [2.05, 4.69) is 24.3 Å². The zero-order valence-electron chi connectivity index (χ0n) is 16.1. The van der Waals surface area contributed by atoms with Crippen LogP contribution in [0, 0.1) is 12.2 Å². The van der Waals surface area contributed by atoms with Crippen molar-refractivity contribution < 1.29 is 83.2 Å². The smallest absolute Gasteiger partial charge is 0.741 e. The molecule has 3 aliphatic rings. The Labute approximate surface area is 201 Å². The fourth-order valence-electron chi connectivity index (χ4n) is 1.19. The van der Waals surface area contributed by atoms with Gasteiger partial charge in [0.25, 0.3) is 0 Å². The summed E-state index contributed by atoms with van der Waals surface area (Å²) in [7, 11) is -12.2. The first kappa shape index (κ1) is 35.8. The van der Waals surface area contributed by atoms with Crippen LogP contribution in [0.5, 0.6) is 0 Å². The molecule has 0 aromatic heterocycles. The second kappa shape index (κ2) is 17.6. The van der Waals surface area contributed by atoms with Crippen molar-refractivity contribution >= 4 is 20.2 Å². The van der Waals surface area contributed by atoms with Crippen LogP contribution in [0.2, 0.25) is 0 Å². The molecule has 0 saturated carbocycles. The summed E-state index contributed by atoms with van der Waals surface area (Å²) in [5.74, 6) is 0. The quantitative estimate of drug-likeness (QED) is 0.183. The van der Waals surface area contributed by atoms with Crippen molar-refractivity contribution in [3.8, 4) is 0 Å². The SMILES string of the molecule is C1CCOC1.O=S(=O)([O-])C(F)(F)F.O=S(=O)([O-])C(F)(F)F.[C-]1=CC=CC1.[C-]1=CC=CC1.[Zr+4]. The molecule has 182 valence electrons. The number of alkyl halides is 6. The summed E-state index contributed by atoms with van der Waals surface area (Å²) >= 11 is 0. The average molecular weight is 592 g/mol. The Morgan fingerprint density at radius 2 is 1.00 bits per heavy atom. The Morgan fingerprint density at radius 3 is 1.06 bits per heavy atom. The summed E-state index contributed by atoms with van der Waals surface area (Å²) < 4.78 is 123. The number of hydrogen-bond donors (Lipinski definition) is 0. The van der Waals surface area contributed by atoms with E-state index in [1.165, 1.54) is 12.8 Å². The van der Waals surface area contributed by atoms with Gasteiger partial charge in [-0.2, -0.15) is 38.5 Å². The van der Waals surface area contributed by atoms with Gasteiger partial charge in [-0.05, 0) is 12.8 Å². The first-order chi connectivity index (χ1) is 14.0. The van der Waals surface area contributed by atoms with Gasteiger partial charge in [0, 0.05) is 13.2 Å². The molecule has 0 aromatic rings. The Balaban J connectivity index is -0.000000330. The normalized spacial score (nSPS) is 16.2. The molecule has 0 unspecified atom stereocenters. The molecule has 16 heteroatoms. The summed E-state index contributed by atoms with van der Waals surface area (Å²) in [5.41, 5.74) is -11.3. The number of allylic oxidation sites excluding steroid dienone is 8. The van der Waals surface area contributed by atoms with Crippen LogP contribution in [0.1, 0.15) is 25.7 Å². The molecule has 0 aromatic carbocycles. The number of rotatable bonds is 0. The van der Waals surface area contributed by atoms with Gasteiger partial charge in [0.1, 0.15) is 0 Å². The van der Waals surface area contributed by atoms with Gasteiger partial charge in [0.15, 0.2) is 20.2 Å². The molecule has 0 bridgehead atoms. The van der Waals surface area contributed by atoms with E-state index in [0.717, 1.165) is 26.1 Å². The molecule has 7 nitrogen and oxygen atoms in total. The molecular weight excluding hydrogens is 574 g/mol. The van der Waals surface area contributed by atoms with E-state index >= 15 is 0 Å². The second-order valence-electron chi connectivity index (χ2n) is 5.13. The van der Waals surface area contributed by atoms with Gasteiger partial charge in [-0.3, -0.25) is 12.2 Å². The molecule has 1 fully saturated rings. The minimum Gasteiger partial charge on any atom is -0.741 e. The Kier molecular flexibility index (Phi) is 19.7. The second-order valence-corrected chi connectivity index (χ2v) is 7.87. The van der Waals surface area contributed by atoms with Crippen molar-refractivity contribution in [3.05, 3.63) is 48.6 Å². The van der Waals surface area contributed by atoms with E-state index in [4.69, 9.17) is 30.7 Å².